The molecule has 2 saturated heterocycles. The van der Waals surface area contributed by atoms with Crippen molar-refractivity contribution in [2.24, 2.45) is 5.92 Å². The summed E-state index contributed by atoms with van der Waals surface area (Å²) in [5.41, 5.74) is 5.92. The molecule has 0 radical (unpaired) electrons. The summed E-state index contributed by atoms with van der Waals surface area (Å²) in [6.07, 6.45) is 9.72. The molecular weight excluding hydrogens is 669 g/mol. The summed E-state index contributed by atoms with van der Waals surface area (Å²) in [5, 5.41) is 5.49. The number of unbranched alkanes of at least 4 members (excludes halogenated alkanes) is 1. The molecule has 53 heavy (non-hydrogen) atoms. The first-order valence-corrected chi connectivity index (χ1v) is 18.7. The zero-order valence-electron chi connectivity index (χ0n) is 31.1. The van der Waals surface area contributed by atoms with Crippen LogP contribution in [-0.2, 0) is 16.0 Å². The van der Waals surface area contributed by atoms with Crippen LogP contribution in [0.15, 0.2) is 54.9 Å². The lowest BCUT2D eigenvalue weighted by Gasteiger charge is -2.20. The number of hydrogen-bond acceptors (Lipinski definition) is 7. The molecule has 2 unspecified atom stereocenters. The van der Waals surface area contributed by atoms with Crippen LogP contribution in [0.5, 0.6) is 0 Å². The van der Waals surface area contributed by atoms with Gasteiger partial charge in [0, 0.05) is 42.7 Å². The number of methoxy groups -OCH3 is 1. The molecule has 2 aliphatic heterocycles. The van der Waals surface area contributed by atoms with Crippen LogP contribution in [0.3, 0.4) is 0 Å². The van der Waals surface area contributed by atoms with Crippen molar-refractivity contribution in [3.8, 4) is 34.4 Å². The Morgan fingerprint density at radius 1 is 0.925 bits per heavy atom. The number of H-pyrrole nitrogens is 2. The van der Waals surface area contributed by atoms with Crippen LogP contribution in [-0.4, -0.2) is 94.0 Å². The predicted octanol–water partition coefficient (Wildman–Crippen LogP) is 5.69. The van der Waals surface area contributed by atoms with Crippen LogP contribution in [0.25, 0.3) is 22.5 Å². The number of carbonyl (C=O) groups is 3. The van der Waals surface area contributed by atoms with E-state index >= 15 is 0 Å². The van der Waals surface area contributed by atoms with E-state index in [0.29, 0.717) is 23.7 Å². The van der Waals surface area contributed by atoms with Crippen LogP contribution in [0.2, 0.25) is 0 Å². The van der Waals surface area contributed by atoms with Crippen molar-refractivity contribution in [2.45, 2.75) is 70.9 Å². The van der Waals surface area contributed by atoms with Crippen molar-refractivity contribution in [3.05, 3.63) is 83.2 Å². The summed E-state index contributed by atoms with van der Waals surface area (Å²) in [6.45, 7) is 6.85. The third-order valence-electron chi connectivity index (χ3n) is 10.1. The molecule has 0 saturated carbocycles. The van der Waals surface area contributed by atoms with Crippen molar-refractivity contribution < 1.29 is 19.1 Å². The smallest absolute Gasteiger partial charge is 0.407 e. The van der Waals surface area contributed by atoms with Gasteiger partial charge in [0.1, 0.15) is 17.7 Å². The summed E-state index contributed by atoms with van der Waals surface area (Å²) in [5.74, 6) is 8.15. The number of hydrogen-bond donors (Lipinski definition) is 4. The number of benzene rings is 2. The first-order valence-electron chi connectivity index (χ1n) is 18.7. The van der Waals surface area contributed by atoms with Gasteiger partial charge >= 0.3 is 6.09 Å². The highest BCUT2D eigenvalue weighted by molar-refractivity contribution is 5.98. The van der Waals surface area contributed by atoms with Crippen LogP contribution >= 0.6 is 0 Å². The van der Waals surface area contributed by atoms with Gasteiger partial charge in [0.15, 0.2) is 0 Å². The number of carbonyl (C=O) groups excluding carboxylic acids is 3. The lowest BCUT2D eigenvalue weighted by atomic mass is 10.0. The topological polar surface area (TPSA) is 148 Å². The standard InChI is InChI=1S/C41H50N8O4/c1-27(2)37(47-41(52)53-4)39(50)42-20-6-5-11-36-43-25-33(45-36)30-16-13-28(14-17-30)12-15-29-18-19-31(24-32(29)40(51)49-22-7-8-23-49)34-26-44-38(46-34)35-10-9-21-48(35)3/h13-14,16-19,24-27,35,37H,5-11,20-23H2,1-4H3,(H,42,50)(H,43,45)(H,44,46)(H,47,52). The second-order valence-corrected chi connectivity index (χ2v) is 14.3. The minimum Gasteiger partial charge on any atom is -0.453 e. The fourth-order valence-corrected chi connectivity index (χ4v) is 6.97. The number of aryl methyl sites for hydroxylation is 1. The molecule has 4 aromatic rings. The molecule has 4 N–H and O–H groups in total. The number of amides is 3. The van der Waals surface area contributed by atoms with Crippen molar-refractivity contribution in [1.29, 1.82) is 0 Å². The predicted molar refractivity (Wildman–Crippen MR) is 204 cm³/mol. The van der Waals surface area contributed by atoms with Crippen molar-refractivity contribution >= 4 is 17.9 Å². The molecule has 2 atom stereocenters. The molecule has 3 amide bonds. The van der Waals surface area contributed by atoms with E-state index in [1.54, 1.807) is 0 Å². The van der Waals surface area contributed by atoms with Gasteiger partial charge in [-0.05, 0) is 87.9 Å². The molecule has 2 aromatic heterocycles. The number of nitrogens with zero attached hydrogens (tertiary/aromatic N) is 4. The lowest BCUT2D eigenvalue weighted by Crippen LogP contribution is -2.49. The highest BCUT2D eigenvalue weighted by Crippen LogP contribution is 2.31. The Morgan fingerprint density at radius 2 is 1.66 bits per heavy atom. The molecule has 0 bridgehead atoms. The Hall–Kier alpha value is -5.41. The number of likely N-dealkylation sites (tertiary alicyclic amines) is 2. The normalized spacial score (nSPS) is 16.3. The quantitative estimate of drug-likeness (QED) is 0.109. The lowest BCUT2D eigenvalue weighted by molar-refractivity contribution is -0.124. The molecule has 2 aromatic carbocycles. The number of aromatic amines is 2. The Balaban J connectivity index is 1.07. The zero-order chi connectivity index (χ0) is 37.3. The maximum Gasteiger partial charge on any atom is 0.407 e. The molecule has 278 valence electrons. The number of nitrogens with one attached hydrogen (secondary N) is 4. The van der Waals surface area contributed by atoms with Gasteiger partial charge in [-0.3, -0.25) is 14.5 Å². The number of imidazole rings is 2. The summed E-state index contributed by atoms with van der Waals surface area (Å²) in [6, 6.07) is 13.6. The van der Waals surface area contributed by atoms with E-state index in [4.69, 9.17) is 4.98 Å². The number of rotatable bonds is 12. The first-order chi connectivity index (χ1) is 25.7. The van der Waals surface area contributed by atoms with Gasteiger partial charge in [0.05, 0.1) is 42.5 Å². The molecule has 2 fully saturated rings. The fourth-order valence-electron chi connectivity index (χ4n) is 6.97. The van der Waals surface area contributed by atoms with E-state index < -0.39 is 12.1 Å². The number of aromatic nitrogens is 4. The largest absolute Gasteiger partial charge is 0.453 e. The van der Waals surface area contributed by atoms with E-state index in [2.05, 4.69) is 54.1 Å². The average molecular weight is 719 g/mol. The molecule has 12 nitrogen and oxygen atoms in total. The van der Waals surface area contributed by atoms with Gasteiger partial charge in [-0.25, -0.2) is 14.8 Å². The van der Waals surface area contributed by atoms with E-state index in [1.165, 1.54) is 7.11 Å². The maximum atomic E-state index is 13.7. The van der Waals surface area contributed by atoms with E-state index in [-0.39, 0.29) is 17.7 Å². The first kappa shape index (κ1) is 37.4. The van der Waals surface area contributed by atoms with Gasteiger partial charge in [-0.2, -0.15) is 0 Å². The average Bonchev–Trinajstić information content (AvgIpc) is 4.01. The molecule has 0 aliphatic carbocycles. The summed E-state index contributed by atoms with van der Waals surface area (Å²) in [7, 11) is 3.41. The third kappa shape index (κ3) is 9.34. The van der Waals surface area contributed by atoms with E-state index in [1.807, 2.05) is 73.6 Å². The van der Waals surface area contributed by atoms with Gasteiger partial charge < -0.3 is 30.2 Å². The van der Waals surface area contributed by atoms with E-state index in [0.717, 1.165) is 104 Å². The van der Waals surface area contributed by atoms with Gasteiger partial charge in [-0.15, -0.1) is 0 Å². The molecule has 0 spiro atoms. The second kappa shape index (κ2) is 17.4. The summed E-state index contributed by atoms with van der Waals surface area (Å²) < 4.78 is 4.63. The van der Waals surface area contributed by atoms with Crippen LogP contribution in [0.4, 0.5) is 4.79 Å². The molecular formula is C41H50N8O4. The van der Waals surface area contributed by atoms with E-state index in [9.17, 15) is 14.4 Å². The minimum atomic E-state index is -0.647. The van der Waals surface area contributed by atoms with Crippen molar-refractivity contribution in [1.82, 2.24) is 40.4 Å². The number of alkyl carbamates (subject to hydrolysis) is 1. The Kier molecular flexibility index (Phi) is 12.3. The summed E-state index contributed by atoms with van der Waals surface area (Å²) >= 11 is 0. The minimum absolute atomic E-state index is 0.0202. The monoisotopic (exact) mass is 718 g/mol. The fraction of sp³-hybridized carbons (Fsp3) is 0.439. The second-order valence-electron chi connectivity index (χ2n) is 14.3. The van der Waals surface area contributed by atoms with Crippen LogP contribution < -0.4 is 10.6 Å². The molecule has 2 aliphatic rings. The van der Waals surface area contributed by atoms with Crippen molar-refractivity contribution in [2.75, 3.05) is 40.3 Å². The maximum absolute atomic E-state index is 13.7. The van der Waals surface area contributed by atoms with Gasteiger partial charge in [-0.1, -0.05) is 43.9 Å². The van der Waals surface area contributed by atoms with Gasteiger partial charge in [0.2, 0.25) is 5.91 Å². The van der Waals surface area contributed by atoms with Crippen LogP contribution in [0, 0.1) is 17.8 Å². The Labute approximate surface area is 311 Å². The zero-order valence-corrected chi connectivity index (χ0v) is 31.1. The third-order valence-corrected chi connectivity index (χ3v) is 10.1. The molecule has 4 heterocycles. The Bertz CT molecular complexity index is 1950. The van der Waals surface area contributed by atoms with Crippen molar-refractivity contribution in [3.63, 3.8) is 0 Å². The molecule has 6 rings (SSSR count). The SMILES string of the molecule is COC(=O)NC(C(=O)NCCCCc1ncc(-c2ccc(C#Cc3ccc(-c4cnc(C5CCCN5C)[nH]4)cc3C(=O)N3CCCC3)cc2)[nH]1)C(C)C. The number of ether oxygens (including phenoxy) is 1. The highest BCUT2D eigenvalue weighted by atomic mass is 16.5. The Morgan fingerprint density at radius 3 is 2.38 bits per heavy atom. The molecule has 12 heteroatoms. The summed E-state index contributed by atoms with van der Waals surface area (Å²) in [4.78, 5) is 58.3. The van der Waals surface area contributed by atoms with Crippen LogP contribution in [0.1, 0.15) is 91.5 Å². The highest BCUT2D eigenvalue weighted by Gasteiger charge is 2.27. The van der Waals surface area contributed by atoms with Gasteiger partial charge in [0.25, 0.3) is 5.91 Å².